The Morgan fingerprint density at radius 1 is 1.27 bits per heavy atom. The number of hydrogen-bond acceptors (Lipinski definition) is 2. The van der Waals surface area contributed by atoms with Gasteiger partial charge in [0.15, 0.2) is 5.78 Å². The number of benzene rings is 1. The molecule has 1 aliphatic rings. The maximum absolute atomic E-state index is 11.1. The molecule has 80 valence electrons. The van der Waals surface area contributed by atoms with E-state index in [2.05, 4.69) is 12.1 Å². The molecule has 0 spiro atoms. The highest BCUT2D eigenvalue weighted by molar-refractivity contribution is 7.99. The summed E-state index contributed by atoms with van der Waals surface area (Å²) in [7, 11) is 0. The number of carbonyl (C=O) groups excluding carboxylic acids is 1. The van der Waals surface area contributed by atoms with Crippen LogP contribution in [0.25, 0.3) is 0 Å². The molecule has 0 bridgehead atoms. The van der Waals surface area contributed by atoms with Crippen molar-refractivity contribution < 1.29 is 4.79 Å². The maximum atomic E-state index is 11.1. The summed E-state index contributed by atoms with van der Waals surface area (Å²) < 4.78 is 0. The number of hydrogen-bond donors (Lipinski definition) is 0. The molecule has 1 atom stereocenters. The van der Waals surface area contributed by atoms with E-state index in [-0.39, 0.29) is 5.78 Å². The molecule has 15 heavy (non-hydrogen) atoms. The van der Waals surface area contributed by atoms with Crippen LogP contribution < -0.4 is 0 Å². The molecule has 0 N–H and O–H groups in total. The maximum Gasteiger partial charge on any atom is 0.159 e. The molecule has 0 aliphatic carbocycles. The molecule has 1 aliphatic heterocycles. The van der Waals surface area contributed by atoms with Gasteiger partial charge in [0.2, 0.25) is 0 Å². The monoisotopic (exact) mass is 220 g/mol. The van der Waals surface area contributed by atoms with E-state index in [0.29, 0.717) is 5.25 Å². The highest BCUT2D eigenvalue weighted by Gasteiger charge is 2.15. The summed E-state index contributed by atoms with van der Waals surface area (Å²) in [5, 5.41) is 0.653. The van der Waals surface area contributed by atoms with E-state index < -0.39 is 0 Å². The summed E-state index contributed by atoms with van der Waals surface area (Å²) >= 11 is 2.05. The molecule has 2 heteroatoms. The van der Waals surface area contributed by atoms with Gasteiger partial charge in [-0.15, -0.1) is 0 Å². The van der Waals surface area contributed by atoms with Crippen molar-refractivity contribution in [2.24, 2.45) is 0 Å². The van der Waals surface area contributed by atoms with Gasteiger partial charge in [0, 0.05) is 10.8 Å². The molecule has 0 amide bonds. The van der Waals surface area contributed by atoms with Gasteiger partial charge in [-0.05, 0) is 31.1 Å². The van der Waals surface area contributed by atoms with Crippen molar-refractivity contribution in [3.8, 4) is 0 Å². The number of ketones is 1. The van der Waals surface area contributed by atoms with Crippen LogP contribution in [-0.2, 0) is 0 Å². The van der Waals surface area contributed by atoms with Gasteiger partial charge in [0.05, 0.1) is 0 Å². The van der Waals surface area contributed by atoms with E-state index in [9.17, 15) is 4.79 Å². The normalized spacial score (nSPS) is 21.3. The molecule has 1 aromatic rings. The Bertz CT molecular complexity index is 336. The molecule has 0 aromatic heterocycles. The minimum atomic E-state index is 0.151. The van der Waals surface area contributed by atoms with Crippen LogP contribution in [0.3, 0.4) is 0 Å². The third-order valence-electron chi connectivity index (χ3n) is 2.87. The smallest absolute Gasteiger partial charge is 0.159 e. The van der Waals surface area contributed by atoms with Crippen molar-refractivity contribution in [1.82, 2.24) is 0 Å². The lowest BCUT2D eigenvalue weighted by atomic mass is 10.0. The molecular formula is C13H16OS. The zero-order valence-electron chi connectivity index (χ0n) is 9.03. The second kappa shape index (κ2) is 4.84. The summed E-state index contributed by atoms with van der Waals surface area (Å²) in [5.74, 6) is 1.43. The number of thioether (sulfide) groups is 1. The summed E-state index contributed by atoms with van der Waals surface area (Å²) in [6.45, 7) is 1.62. The van der Waals surface area contributed by atoms with Gasteiger partial charge in [-0.2, -0.15) is 11.8 Å². The zero-order chi connectivity index (χ0) is 10.7. The van der Waals surface area contributed by atoms with Crippen LogP contribution in [0.1, 0.15) is 47.4 Å². The molecule has 2 rings (SSSR count). The van der Waals surface area contributed by atoms with Crippen molar-refractivity contribution in [3.63, 3.8) is 0 Å². The topological polar surface area (TPSA) is 17.1 Å². The van der Waals surface area contributed by atoms with Crippen molar-refractivity contribution in [2.75, 3.05) is 5.75 Å². The van der Waals surface area contributed by atoms with E-state index in [0.717, 1.165) is 5.56 Å². The highest BCUT2D eigenvalue weighted by atomic mass is 32.2. The Hall–Kier alpha value is -0.760. The molecular weight excluding hydrogens is 204 g/mol. The first-order valence-corrected chi connectivity index (χ1v) is 6.55. The van der Waals surface area contributed by atoms with E-state index in [1.807, 2.05) is 23.9 Å². The van der Waals surface area contributed by atoms with Gasteiger partial charge in [0.25, 0.3) is 0 Å². The third kappa shape index (κ3) is 2.63. The molecule has 1 heterocycles. The lowest BCUT2D eigenvalue weighted by Gasteiger charge is -2.21. The predicted molar refractivity (Wildman–Crippen MR) is 65.5 cm³/mol. The largest absolute Gasteiger partial charge is 0.295 e. The Balaban J connectivity index is 2.11. The fourth-order valence-corrected chi connectivity index (χ4v) is 3.27. The van der Waals surface area contributed by atoms with E-state index in [1.54, 1.807) is 6.92 Å². The first-order chi connectivity index (χ1) is 7.27. The molecule has 0 saturated carbocycles. The molecule has 1 unspecified atom stereocenters. The molecule has 0 radical (unpaired) electrons. The lowest BCUT2D eigenvalue weighted by molar-refractivity contribution is 0.101. The quantitative estimate of drug-likeness (QED) is 0.704. The van der Waals surface area contributed by atoms with Crippen molar-refractivity contribution in [3.05, 3.63) is 35.4 Å². The number of rotatable bonds is 2. The van der Waals surface area contributed by atoms with Crippen molar-refractivity contribution in [1.29, 1.82) is 0 Å². The van der Waals surface area contributed by atoms with Crippen LogP contribution in [0.4, 0.5) is 0 Å². The van der Waals surface area contributed by atoms with Gasteiger partial charge in [-0.25, -0.2) is 0 Å². The van der Waals surface area contributed by atoms with Gasteiger partial charge < -0.3 is 0 Å². The average Bonchev–Trinajstić information content (AvgIpc) is 2.30. The fraction of sp³-hybridized carbons (Fsp3) is 0.462. The standard InChI is InChI=1S/C13H16OS/c1-10(14)11-5-7-12(8-6-11)13-4-2-3-9-15-13/h5-8,13H,2-4,9H2,1H3. The van der Waals surface area contributed by atoms with Crippen LogP contribution in [-0.4, -0.2) is 11.5 Å². The van der Waals surface area contributed by atoms with Crippen LogP contribution in [0, 0.1) is 0 Å². The average molecular weight is 220 g/mol. The Morgan fingerprint density at radius 2 is 2.00 bits per heavy atom. The summed E-state index contributed by atoms with van der Waals surface area (Å²) in [6, 6.07) is 8.12. The molecule has 1 aromatic carbocycles. The van der Waals surface area contributed by atoms with Gasteiger partial charge >= 0.3 is 0 Å². The Kier molecular flexibility index (Phi) is 3.47. The Morgan fingerprint density at radius 3 is 2.53 bits per heavy atom. The second-order valence-electron chi connectivity index (χ2n) is 4.03. The van der Waals surface area contributed by atoms with Crippen molar-refractivity contribution >= 4 is 17.5 Å². The molecule has 1 fully saturated rings. The number of Topliss-reactive ketones (excluding diaryl/α,β-unsaturated/α-hetero) is 1. The van der Waals surface area contributed by atoms with Crippen LogP contribution in [0.2, 0.25) is 0 Å². The van der Waals surface area contributed by atoms with E-state index in [4.69, 9.17) is 0 Å². The van der Waals surface area contributed by atoms with Crippen molar-refractivity contribution in [2.45, 2.75) is 31.4 Å². The first kappa shape index (κ1) is 10.7. The minimum absolute atomic E-state index is 0.151. The van der Waals surface area contributed by atoms with E-state index >= 15 is 0 Å². The third-order valence-corrected chi connectivity index (χ3v) is 4.30. The van der Waals surface area contributed by atoms with Gasteiger partial charge in [0.1, 0.15) is 0 Å². The number of carbonyl (C=O) groups is 1. The minimum Gasteiger partial charge on any atom is -0.295 e. The van der Waals surface area contributed by atoms with E-state index in [1.165, 1.54) is 30.6 Å². The summed E-state index contributed by atoms with van der Waals surface area (Å²) in [4.78, 5) is 11.1. The SMILES string of the molecule is CC(=O)c1ccc(C2CCCCS2)cc1. The predicted octanol–water partition coefficient (Wildman–Crippen LogP) is 3.85. The highest BCUT2D eigenvalue weighted by Crippen LogP contribution is 2.38. The summed E-state index contributed by atoms with van der Waals surface area (Å²) in [5.41, 5.74) is 2.20. The van der Waals surface area contributed by atoms with Crippen LogP contribution >= 0.6 is 11.8 Å². The fourth-order valence-electron chi connectivity index (χ4n) is 1.94. The first-order valence-electron chi connectivity index (χ1n) is 5.50. The van der Waals surface area contributed by atoms with Crippen LogP contribution in [0.15, 0.2) is 24.3 Å². The van der Waals surface area contributed by atoms with Crippen LogP contribution in [0.5, 0.6) is 0 Å². The molecule has 1 nitrogen and oxygen atoms in total. The zero-order valence-corrected chi connectivity index (χ0v) is 9.85. The Labute approximate surface area is 95.3 Å². The second-order valence-corrected chi connectivity index (χ2v) is 5.34. The van der Waals surface area contributed by atoms with Gasteiger partial charge in [-0.1, -0.05) is 30.7 Å². The van der Waals surface area contributed by atoms with Gasteiger partial charge in [-0.3, -0.25) is 4.79 Å². The summed E-state index contributed by atoms with van der Waals surface area (Å²) in [6.07, 6.45) is 3.98. The molecule has 1 saturated heterocycles. The lowest BCUT2D eigenvalue weighted by Crippen LogP contribution is -2.02.